The van der Waals surface area contributed by atoms with Crippen molar-refractivity contribution in [1.29, 1.82) is 0 Å². The molecular formula is C11H20BrNO2. The maximum atomic E-state index is 11.3. The number of ether oxygens (including phenoxy) is 1. The van der Waals surface area contributed by atoms with Crippen molar-refractivity contribution in [2.24, 2.45) is 0 Å². The normalized spacial score (nSPS) is 25.7. The highest BCUT2D eigenvalue weighted by Crippen LogP contribution is 2.18. The second-order valence-corrected chi connectivity index (χ2v) is 5.29. The van der Waals surface area contributed by atoms with Gasteiger partial charge in [-0.15, -0.1) is 0 Å². The number of carbonyl (C=O) groups excluding carboxylic acids is 1. The van der Waals surface area contributed by atoms with Crippen LogP contribution in [0.1, 0.15) is 32.6 Å². The predicted octanol–water partition coefficient (Wildman–Crippen LogP) is 2.19. The fraction of sp³-hybridized carbons (Fsp3) is 0.909. The average Bonchev–Trinajstić information content (AvgIpc) is 2.43. The first-order valence-corrected chi connectivity index (χ1v) is 6.52. The summed E-state index contributed by atoms with van der Waals surface area (Å²) in [5.41, 5.74) is 0. The summed E-state index contributed by atoms with van der Waals surface area (Å²) >= 11 is 3.38. The lowest BCUT2D eigenvalue weighted by Crippen LogP contribution is -2.39. The van der Waals surface area contributed by atoms with Crippen molar-refractivity contribution in [3.8, 4) is 0 Å². The molecule has 1 fully saturated rings. The van der Waals surface area contributed by atoms with Gasteiger partial charge in [-0.05, 0) is 26.3 Å². The van der Waals surface area contributed by atoms with Crippen LogP contribution >= 0.6 is 15.9 Å². The first-order chi connectivity index (χ1) is 7.15. The Labute approximate surface area is 100 Å². The molecule has 0 N–H and O–H groups in total. The number of esters is 1. The second kappa shape index (κ2) is 6.48. The Balaban J connectivity index is 2.43. The molecule has 0 aromatic carbocycles. The van der Waals surface area contributed by atoms with Gasteiger partial charge in [-0.1, -0.05) is 28.8 Å². The number of hydrogen-bond donors (Lipinski definition) is 0. The lowest BCUT2D eigenvalue weighted by molar-refractivity contribution is -0.140. The maximum Gasteiger partial charge on any atom is 0.320 e. The molecule has 4 heteroatoms. The predicted molar refractivity (Wildman–Crippen MR) is 64.2 cm³/mol. The van der Waals surface area contributed by atoms with E-state index in [4.69, 9.17) is 4.74 Å². The van der Waals surface area contributed by atoms with E-state index in [-0.39, 0.29) is 10.8 Å². The van der Waals surface area contributed by atoms with Crippen LogP contribution < -0.4 is 0 Å². The molecule has 3 nitrogen and oxygen atoms in total. The summed E-state index contributed by atoms with van der Waals surface area (Å²) in [6.07, 6.45) is 5.10. The third-order valence-corrected chi connectivity index (χ3v) is 3.71. The van der Waals surface area contributed by atoms with Crippen molar-refractivity contribution >= 4 is 21.9 Å². The number of hydrogen-bond acceptors (Lipinski definition) is 3. The summed E-state index contributed by atoms with van der Waals surface area (Å²) in [5, 5.41) is 0. The molecule has 0 aromatic heterocycles. The zero-order valence-electron chi connectivity index (χ0n) is 9.54. The van der Waals surface area contributed by atoms with E-state index in [1.54, 1.807) is 0 Å². The Morgan fingerprint density at radius 3 is 2.93 bits per heavy atom. The molecule has 0 aromatic rings. The maximum absolute atomic E-state index is 11.3. The Hall–Kier alpha value is -0.0900. The van der Waals surface area contributed by atoms with Crippen LogP contribution in [-0.2, 0) is 9.53 Å². The van der Waals surface area contributed by atoms with E-state index >= 15 is 0 Å². The lowest BCUT2D eigenvalue weighted by atomic mass is 10.1. The molecule has 2 unspecified atom stereocenters. The summed E-state index contributed by atoms with van der Waals surface area (Å²) < 4.78 is 4.71. The summed E-state index contributed by atoms with van der Waals surface area (Å²) in [7, 11) is 1.43. The molecule has 1 rings (SSSR count). The van der Waals surface area contributed by atoms with Gasteiger partial charge in [-0.2, -0.15) is 0 Å². The van der Waals surface area contributed by atoms with Gasteiger partial charge in [0.25, 0.3) is 0 Å². The highest BCUT2D eigenvalue weighted by atomic mass is 79.9. The SMILES string of the molecule is COC(=O)C(Br)CN1CCCCCC1C. The van der Waals surface area contributed by atoms with E-state index < -0.39 is 0 Å². The lowest BCUT2D eigenvalue weighted by Gasteiger charge is -2.28. The second-order valence-electron chi connectivity index (χ2n) is 4.18. The summed E-state index contributed by atoms with van der Waals surface area (Å²) in [5.74, 6) is -0.175. The van der Waals surface area contributed by atoms with Gasteiger partial charge in [-0.3, -0.25) is 9.69 Å². The third-order valence-electron chi connectivity index (χ3n) is 3.04. The minimum atomic E-state index is -0.192. The van der Waals surface area contributed by atoms with E-state index in [9.17, 15) is 4.79 Å². The van der Waals surface area contributed by atoms with Crippen LogP contribution in [0.15, 0.2) is 0 Å². The van der Waals surface area contributed by atoms with E-state index in [1.807, 2.05) is 0 Å². The molecule has 1 heterocycles. The number of nitrogens with zero attached hydrogens (tertiary/aromatic N) is 1. The topological polar surface area (TPSA) is 29.5 Å². The molecule has 2 atom stereocenters. The molecule has 1 aliphatic heterocycles. The van der Waals surface area contributed by atoms with Crippen LogP contribution in [0.4, 0.5) is 0 Å². The first-order valence-electron chi connectivity index (χ1n) is 5.61. The molecular weight excluding hydrogens is 258 g/mol. The van der Waals surface area contributed by atoms with Crippen LogP contribution in [0.3, 0.4) is 0 Å². The molecule has 0 bridgehead atoms. The Kier molecular flexibility index (Phi) is 5.61. The van der Waals surface area contributed by atoms with Gasteiger partial charge >= 0.3 is 5.97 Å². The largest absolute Gasteiger partial charge is 0.468 e. The molecule has 0 saturated carbocycles. The number of methoxy groups -OCH3 is 1. The minimum absolute atomic E-state index is 0.175. The smallest absolute Gasteiger partial charge is 0.320 e. The van der Waals surface area contributed by atoms with Gasteiger partial charge in [0.2, 0.25) is 0 Å². The Bertz CT molecular complexity index is 211. The highest BCUT2D eigenvalue weighted by molar-refractivity contribution is 9.10. The molecule has 0 radical (unpaired) electrons. The number of halogens is 1. The summed E-state index contributed by atoms with van der Waals surface area (Å²) in [6.45, 7) is 4.09. The van der Waals surface area contributed by atoms with Crippen molar-refractivity contribution in [1.82, 2.24) is 4.90 Å². The number of rotatable bonds is 3. The first kappa shape index (κ1) is 13.0. The molecule has 0 aliphatic carbocycles. The highest BCUT2D eigenvalue weighted by Gasteiger charge is 2.23. The van der Waals surface area contributed by atoms with Crippen LogP contribution in [0.5, 0.6) is 0 Å². The van der Waals surface area contributed by atoms with Gasteiger partial charge < -0.3 is 4.74 Å². The Morgan fingerprint density at radius 2 is 2.27 bits per heavy atom. The fourth-order valence-corrected chi connectivity index (χ4v) is 2.57. The summed E-state index contributed by atoms with van der Waals surface area (Å²) in [6, 6.07) is 0.581. The molecule has 0 amide bonds. The molecule has 1 aliphatic rings. The van der Waals surface area contributed by atoms with E-state index in [0.717, 1.165) is 13.1 Å². The van der Waals surface area contributed by atoms with Crippen molar-refractivity contribution in [3.05, 3.63) is 0 Å². The number of carbonyl (C=O) groups is 1. The Morgan fingerprint density at radius 1 is 1.53 bits per heavy atom. The van der Waals surface area contributed by atoms with E-state index in [0.29, 0.717) is 6.04 Å². The zero-order valence-corrected chi connectivity index (χ0v) is 11.1. The van der Waals surface area contributed by atoms with Gasteiger partial charge in [0.05, 0.1) is 7.11 Å². The van der Waals surface area contributed by atoms with Crippen molar-refractivity contribution in [2.45, 2.75) is 43.5 Å². The van der Waals surface area contributed by atoms with Gasteiger partial charge in [0.15, 0.2) is 0 Å². The average molecular weight is 278 g/mol. The number of likely N-dealkylation sites (tertiary alicyclic amines) is 1. The molecule has 15 heavy (non-hydrogen) atoms. The van der Waals surface area contributed by atoms with Gasteiger partial charge in [0.1, 0.15) is 4.83 Å². The van der Waals surface area contributed by atoms with Crippen molar-refractivity contribution in [2.75, 3.05) is 20.2 Å². The quantitative estimate of drug-likeness (QED) is 0.585. The van der Waals surface area contributed by atoms with Gasteiger partial charge in [-0.25, -0.2) is 0 Å². The summed E-state index contributed by atoms with van der Waals surface area (Å²) in [4.78, 5) is 13.5. The van der Waals surface area contributed by atoms with Crippen LogP contribution in [0.2, 0.25) is 0 Å². The van der Waals surface area contributed by atoms with E-state index in [1.165, 1.54) is 32.8 Å². The van der Waals surface area contributed by atoms with Crippen LogP contribution in [0.25, 0.3) is 0 Å². The molecule has 0 spiro atoms. The van der Waals surface area contributed by atoms with E-state index in [2.05, 4.69) is 27.8 Å². The van der Waals surface area contributed by atoms with Gasteiger partial charge in [0, 0.05) is 12.6 Å². The third kappa shape index (κ3) is 4.11. The monoisotopic (exact) mass is 277 g/mol. The van der Waals surface area contributed by atoms with Crippen LogP contribution in [-0.4, -0.2) is 41.9 Å². The number of alkyl halides is 1. The molecule has 88 valence electrons. The zero-order chi connectivity index (χ0) is 11.3. The standard InChI is InChI=1S/C11H20BrNO2/c1-9-6-4-3-5-7-13(9)8-10(12)11(14)15-2/h9-10H,3-8H2,1-2H3. The van der Waals surface area contributed by atoms with Crippen LogP contribution in [0, 0.1) is 0 Å². The van der Waals surface area contributed by atoms with Crippen molar-refractivity contribution < 1.29 is 9.53 Å². The molecule has 1 saturated heterocycles. The van der Waals surface area contributed by atoms with Crippen molar-refractivity contribution in [3.63, 3.8) is 0 Å². The minimum Gasteiger partial charge on any atom is -0.468 e. The fourth-order valence-electron chi connectivity index (χ4n) is 2.01.